The van der Waals surface area contributed by atoms with E-state index < -0.39 is 0 Å². The third-order valence-electron chi connectivity index (χ3n) is 2.20. The van der Waals surface area contributed by atoms with Gasteiger partial charge in [-0.05, 0) is 27.2 Å². The summed E-state index contributed by atoms with van der Waals surface area (Å²) in [5.74, 6) is 0.160. The predicted octanol–water partition coefficient (Wildman–Crippen LogP) is 0.768. The van der Waals surface area contributed by atoms with Crippen LogP contribution in [-0.2, 0) is 4.79 Å². The highest BCUT2D eigenvalue weighted by molar-refractivity contribution is 5.77. The number of piperidine rings is 1. The van der Waals surface area contributed by atoms with Gasteiger partial charge in [0, 0.05) is 18.5 Å². The molecule has 0 aromatic heterocycles. The lowest BCUT2D eigenvalue weighted by molar-refractivity contribution is -0.142. The van der Waals surface area contributed by atoms with Gasteiger partial charge in [0.05, 0.1) is 6.10 Å². The number of likely N-dealkylation sites (tertiary alicyclic amines) is 1. The summed E-state index contributed by atoms with van der Waals surface area (Å²) in [6.07, 6.45) is 0.769. The number of β-amino-alcohol motifs (C(OH)–C–C–N with tert-alkyl or cyclic N) is 1. The molecule has 1 atom stereocenters. The molecule has 3 heteroatoms. The average molecular weight is 171 g/mol. The summed E-state index contributed by atoms with van der Waals surface area (Å²) in [6, 6.07) is 0. The molecular weight excluding hydrogens is 154 g/mol. The topological polar surface area (TPSA) is 40.5 Å². The van der Waals surface area contributed by atoms with Crippen LogP contribution < -0.4 is 0 Å². The second-order valence-electron chi connectivity index (χ2n) is 4.37. The molecule has 1 unspecified atom stereocenters. The van der Waals surface area contributed by atoms with Crippen molar-refractivity contribution in [2.24, 2.45) is 0 Å². The normalized spacial score (nSPS) is 26.2. The highest BCUT2D eigenvalue weighted by atomic mass is 16.3. The van der Waals surface area contributed by atoms with Crippen LogP contribution in [0, 0.1) is 0 Å². The number of carbonyl (C=O) groups excluding carboxylic acids is 1. The van der Waals surface area contributed by atoms with Crippen molar-refractivity contribution in [3.63, 3.8) is 0 Å². The Morgan fingerprint density at radius 1 is 1.50 bits per heavy atom. The van der Waals surface area contributed by atoms with Crippen LogP contribution >= 0.6 is 0 Å². The van der Waals surface area contributed by atoms with Crippen molar-refractivity contribution in [2.45, 2.75) is 45.3 Å². The summed E-state index contributed by atoms with van der Waals surface area (Å²) in [7, 11) is 0. The van der Waals surface area contributed by atoms with Crippen molar-refractivity contribution >= 4 is 5.91 Å². The van der Waals surface area contributed by atoms with Gasteiger partial charge in [0.2, 0.25) is 5.91 Å². The van der Waals surface area contributed by atoms with Gasteiger partial charge < -0.3 is 10.0 Å². The number of amides is 1. The summed E-state index contributed by atoms with van der Waals surface area (Å²) >= 11 is 0. The standard InChI is InChI=1S/C9H17NO2/c1-9(2,3)10-6-7(11)4-5-8(10)12/h7,11H,4-6H2,1-3H3. The lowest BCUT2D eigenvalue weighted by atomic mass is 9.99. The first-order valence-electron chi connectivity index (χ1n) is 4.40. The van der Waals surface area contributed by atoms with Gasteiger partial charge in [0.1, 0.15) is 0 Å². The van der Waals surface area contributed by atoms with E-state index in [0.717, 1.165) is 0 Å². The van der Waals surface area contributed by atoms with Crippen LogP contribution in [0.5, 0.6) is 0 Å². The van der Waals surface area contributed by atoms with Crippen LogP contribution in [0.1, 0.15) is 33.6 Å². The number of aliphatic hydroxyl groups is 1. The summed E-state index contributed by atoms with van der Waals surface area (Å²) in [6.45, 7) is 6.46. The van der Waals surface area contributed by atoms with E-state index in [1.807, 2.05) is 20.8 Å². The minimum Gasteiger partial charge on any atom is -0.391 e. The van der Waals surface area contributed by atoms with Crippen LogP contribution in [0.2, 0.25) is 0 Å². The third kappa shape index (κ3) is 1.97. The van der Waals surface area contributed by atoms with E-state index in [9.17, 15) is 9.90 Å². The molecule has 0 bridgehead atoms. The summed E-state index contributed by atoms with van der Waals surface area (Å²) < 4.78 is 0. The minimum atomic E-state index is -0.332. The van der Waals surface area contributed by atoms with Crippen LogP contribution in [0.15, 0.2) is 0 Å². The summed E-state index contributed by atoms with van der Waals surface area (Å²) in [5, 5.41) is 9.37. The summed E-state index contributed by atoms with van der Waals surface area (Å²) in [5.41, 5.74) is -0.154. The molecule has 0 aromatic carbocycles. The van der Waals surface area contributed by atoms with Gasteiger partial charge in [-0.2, -0.15) is 0 Å². The fourth-order valence-corrected chi connectivity index (χ4v) is 1.48. The molecule has 70 valence electrons. The highest BCUT2D eigenvalue weighted by Gasteiger charge is 2.31. The van der Waals surface area contributed by atoms with E-state index in [0.29, 0.717) is 19.4 Å². The largest absolute Gasteiger partial charge is 0.391 e. The average Bonchev–Trinajstić information content (AvgIpc) is 1.92. The van der Waals surface area contributed by atoms with Gasteiger partial charge in [-0.25, -0.2) is 0 Å². The third-order valence-corrected chi connectivity index (χ3v) is 2.20. The highest BCUT2D eigenvalue weighted by Crippen LogP contribution is 2.20. The fourth-order valence-electron chi connectivity index (χ4n) is 1.48. The Morgan fingerprint density at radius 3 is 2.50 bits per heavy atom. The number of nitrogens with zero attached hydrogens (tertiary/aromatic N) is 1. The lowest BCUT2D eigenvalue weighted by Crippen LogP contribution is -2.52. The zero-order valence-electron chi connectivity index (χ0n) is 8.00. The maximum Gasteiger partial charge on any atom is 0.223 e. The summed E-state index contributed by atoms with van der Waals surface area (Å²) in [4.78, 5) is 13.2. The Morgan fingerprint density at radius 2 is 2.08 bits per heavy atom. The van der Waals surface area contributed by atoms with E-state index >= 15 is 0 Å². The number of carbonyl (C=O) groups is 1. The zero-order valence-corrected chi connectivity index (χ0v) is 8.00. The van der Waals surface area contributed by atoms with E-state index in [2.05, 4.69) is 0 Å². The minimum absolute atomic E-state index is 0.154. The van der Waals surface area contributed by atoms with Gasteiger partial charge in [-0.3, -0.25) is 4.79 Å². The van der Waals surface area contributed by atoms with Crippen molar-refractivity contribution in [1.29, 1.82) is 0 Å². The number of aliphatic hydroxyl groups excluding tert-OH is 1. The molecule has 0 saturated carbocycles. The Hall–Kier alpha value is -0.570. The van der Waals surface area contributed by atoms with Gasteiger partial charge in [-0.1, -0.05) is 0 Å². The molecule has 1 heterocycles. The van der Waals surface area contributed by atoms with E-state index in [-0.39, 0.29) is 17.6 Å². The van der Waals surface area contributed by atoms with Gasteiger partial charge in [0.15, 0.2) is 0 Å². The van der Waals surface area contributed by atoms with Crippen LogP contribution in [0.25, 0.3) is 0 Å². The molecule has 1 aliphatic rings. The first-order valence-corrected chi connectivity index (χ1v) is 4.40. The number of rotatable bonds is 0. The molecule has 1 saturated heterocycles. The Labute approximate surface area is 73.4 Å². The van der Waals surface area contributed by atoms with Crippen molar-refractivity contribution < 1.29 is 9.90 Å². The molecule has 1 N–H and O–H groups in total. The molecule has 12 heavy (non-hydrogen) atoms. The van der Waals surface area contributed by atoms with Crippen molar-refractivity contribution in [1.82, 2.24) is 4.90 Å². The maximum atomic E-state index is 11.4. The van der Waals surface area contributed by atoms with Crippen molar-refractivity contribution in [3.05, 3.63) is 0 Å². The van der Waals surface area contributed by atoms with E-state index in [1.54, 1.807) is 4.90 Å². The molecule has 0 spiro atoms. The molecule has 0 aliphatic carbocycles. The van der Waals surface area contributed by atoms with Crippen LogP contribution in [-0.4, -0.2) is 34.1 Å². The number of hydrogen-bond acceptors (Lipinski definition) is 2. The van der Waals surface area contributed by atoms with Crippen LogP contribution in [0.4, 0.5) is 0 Å². The smallest absolute Gasteiger partial charge is 0.223 e. The Bertz CT molecular complexity index is 183. The molecule has 0 radical (unpaired) electrons. The van der Waals surface area contributed by atoms with Gasteiger partial charge in [0.25, 0.3) is 0 Å². The monoisotopic (exact) mass is 171 g/mol. The second kappa shape index (κ2) is 3.05. The maximum absolute atomic E-state index is 11.4. The zero-order chi connectivity index (χ0) is 9.35. The second-order valence-corrected chi connectivity index (χ2v) is 4.37. The molecular formula is C9H17NO2. The molecule has 1 aliphatic heterocycles. The van der Waals surface area contributed by atoms with E-state index in [1.165, 1.54) is 0 Å². The first kappa shape index (κ1) is 9.52. The lowest BCUT2D eigenvalue weighted by Gasteiger charge is -2.40. The molecule has 0 aromatic rings. The van der Waals surface area contributed by atoms with E-state index in [4.69, 9.17) is 0 Å². The predicted molar refractivity (Wildman–Crippen MR) is 46.7 cm³/mol. The van der Waals surface area contributed by atoms with Crippen LogP contribution in [0.3, 0.4) is 0 Å². The number of hydrogen-bond donors (Lipinski definition) is 1. The Kier molecular flexibility index (Phi) is 2.42. The quantitative estimate of drug-likeness (QED) is 0.584. The molecule has 1 fully saturated rings. The van der Waals surface area contributed by atoms with Crippen molar-refractivity contribution in [3.8, 4) is 0 Å². The van der Waals surface area contributed by atoms with Gasteiger partial charge in [-0.15, -0.1) is 0 Å². The van der Waals surface area contributed by atoms with Gasteiger partial charge >= 0.3 is 0 Å². The Balaban J connectivity index is 2.68. The molecule has 1 rings (SSSR count). The SMILES string of the molecule is CC(C)(C)N1CC(O)CCC1=O. The fraction of sp³-hybridized carbons (Fsp3) is 0.889. The molecule has 3 nitrogen and oxygen atoms in total. The molecule has 1 amide bonds. The first-order chi connectivity index (χ1) is 5.41. The van der Waals surface area contributed by atoms with Crippen molar-refractivity contribution in [2.75, 3.05) is 6.54 Å².